The summed E-state index contributed by atoms with van der Waals surface area (Å²) < 4.78 is 0. The second-order valence-corrected chi connectivity index (χ2v) is 4.53. The van der Waals surface area contributed by atoms with E-state index in [2.05, 4.69) is 38.2 Å². The molecule has 0 rings (SSSR count). The molecule has 0 bridgehead atoms. The standard InChI is InChI=1S/C16H30/c1-3-5-7-9-11-13-15-16-14-12-10-8-6-4-2/h3,5,8,10H,4,6-7,9,11-16H2,1-2H3. The lowest BCUT2D eigenvalue weighted by molar-refractivity contribution is 0.599. The van der Waals surface area contributed by atoms with Crippen molar-refractivity contribution in [3.05, 3.63) is 24.3 Å². The molecule has 0 aromatic heterocycles. The van der Waals surface area contributed by atoms with Crippen molar-refractivity contribution in [1.29, 1.82) is 0 Å². The summed E-state index contributed by atoms with van der Waals surface area (Å²) in [4.78, 5) is 0. The fourth-order valence-electron chi connectivity index (χ4n) is 1.80. The predicted octanol–water partition coefficient (Wildman–Crippen LogP) is 6.04. The third kappa shape index (κ3) is 13.5. The summed E-state index contributed by atoms with van der Waals surface area (Å²) in [5.41, 5.74) is 0. The first kappa shape index (κ1) is 15.5. The van der Waals surface area contributed by atoms with Gasteiger partial charge < -0.3 is 0 Å². The van der Waals surface area contributed by atoms with E-state index in [1.807, 2.05) is 0 Å². The van der Waals surface area contributed by atoms with E-state index in [1.54, 1.807) is 0 Å². The van der Waals surface area contributed by atoms with Gasteiger partial charge in [-0.3, -0.25) is 0 Å². The highest BCUT2D eigenvalue weighted by Gasteiger charge is 1.89. The molecule has 0 aromatic rings. The van der Waals surface area contributed by atoms with Crippen LogP contribution >= 0.6 is 0 Å². The van der Waals surface area contributed by atoms with Gasteiger partial charge in [0.25, 0.3) is 0 Å². The molecule has 16 heavy (non-hydrogen) atoms. The van der Waals surface area contributed by atoms with Crippen LogP contribution in [0.1, 0.15) is 78.1 Å². The highest BCUT2D eigenvalue weighted by Crippen LogP contribution is 2.09. The Hall–Kier alpha value is -0.520. The van der Waals surface area contributed by atoms with Crippen molar-refractivity contribution in [3.63, 3.8) is 0 Å². The van der Waals surface area contributed by atoms with Crippen molar-refractivity contribution in [1.82, 2.24) is 0 Å². The van der Waals surface area contributed by atoms with Crippen LogP contribution in [0.3, 0.4) is 0 Å². The first-order chi connectivity index (χ1) is 7.91. The molecule has 0 saturated carbocycles. The zero-order valence-corrected chi connectivity index (χ0v) is 11.4. The topological polar surface area (TPSA) is 0 Å². The molecule has 0 atom stereocenters. The SMILES string of the molecule is CC=CCCCCCCCCC=CCCC. The quantitative estimate of drug-likeness (QED) is 0.295. The Kier molecular flexibility index (Phi) is 14.0. The van der Waals surface area contributed by atoms with Crippen LogP contribution in [0, 0.1) is 0 Å². The summed E-state index contributed by atoms with van der Waals surface area (Å²) in [6, 6.07) is 0. The van der Waals surface area contributed by atoms with Gasteiger partial charge in [-0.15, -0.1) is 0 Å². The molecule has 0 spiro atoms. The minimum absolute atomic E-state index is 1.25. The van der Waals surface area contributed by atoms with Gasteiger partial charge in [0.15, 0.2) is 0 Å². The molecule has 0 unspecified atom stereocenters. The third-order valence-corrected chi connectivity index (χ3v) is 2.85. The number of hydrogen-bond donors (Lipinski definition) is 0. The highest BCUT2D eigenvalue weighted by atomic mass is 14.0. The zero-order chi connectivity index (χ0) is 11.9. The lowest BCUT2D eigenvalue weighted by Crippen LogP contribution is -1.79. The summed E-state index contributed by atoms with van der Waals surface area (Å²) in [6.45, 7) is 4.34. The first-order valence-electron chi connectivity index (χ1n) is 7.18. The molecular formula is C16H30. The molecule has 0 radical (unpaired) electrons. The molecule has 0 aliphatic rings. The van der Waals surface area contributed by atoms with Gasteiger partial charge in [0.2, 0.25) is 0 Å². The number of rotatable bonds is 11. The zero-order valence-electron chi connectivity index (χ0n) is 11.4. The summed E-state index contributed by atoms with van der Waals surface area (Å²) >= 11 is 0. The molecule has 0 nitrogen and oxygen atoms in total. The van der Waals surface area contributed by atoms with E-state index in [4.69, 9.17) is 0 Å². The predicted molar refractivity (Wildman–Crippen MR) is 75.8 cm³/mol. The molecule has 0 N–H and O–H groups in total. The lowest BCUT2D eigenvalue weighted by atomic mass is 10.1. The third-order valence-electron chi connectivity index (χ3n) is 2.85. The molecule has 0 heterocycles. The average molecular weight is 222 g/mol. The van der Waals surface area contributed by atoms with Crippen molar-refractivity contribution < 1.29 is 0 Å². The molecule has 0 amide bonds. The largest absolute Gasteiger partial charge is 0.0917 e. The van der Waals surface area contributed by atoms with Crippen molar-refractivity contribution >= 4 is 0 Å². The van der Waals surface area contributed by atoms with Crippen LogP contribution in [0.2, 0.25) is 0 Å². The normalized spacial score (nSPS) is 11.9. The maximum Gasteiger partial charge on any atom is -0.0351 e. The summed E-state index contributed by atoms with van der Waals surface area (Å²) in [5.74, 6) is 0. The Balaban J connectivity index is 2.98. The fraction of sp³-hybridized carbons (Fsp3) is 0.750. The van der Waals surface area contributed by atoms with Gasteiger partial charge in [0, 0.05) is 0 Å². The van der Waals surface area contributed by atoms with Crippen LogP contribution in [-0.2, 0) is 0 Å². The summed E-state index contributed by atoms with van der Waals surface area (Å²) in [7, 11) is 0. The van der Waals surface area contributed by atoms with Gasteiger partial charge in [0.05, 0.1) is 0 Å². The first-order valence-corrected chi connectivity index (χ1v) is 7.18. The van der Waals surface area contributed by atoms with Gasteiger partial charge in [-0.05, 0) is 39.0 Å². The Morgan fingerprint density at radius 2 is 1.12 bits per heavy atom. The van der Waals surface area contributed by atoms with Gasteiger partial charge >= 0.3 is 0 Å². The molecule has 0 aromatic carbocycles. The second-order valence-electron chi connectivity index (χ2n) is 4.53. The van der Waals surface area contributed by atoms with Crippen molar-refractivity contribution in [3.8, 4) is 0 Å². The monoisotopic (exact) mass is 222 g/mol. The molecule has 0 saturated heterocycles. The number of hydrogen-bond acceptors (Lipinski definition) is 0. The van der Waals surface area contributed by atoms with E-state index < -0.39 is 0 Å². The van der Waals surface area contributed by atoms with Crippen molar-refractivity contribution in [2.24, 2.45) is 0 Å². The Bertz CT molecular complexity index is 165. The number of unbranched alkanes of at least 4 members (excludes halogenated alkanes) is 8. The summed E-state index contributed by atoms with van der Waals surface area (Å²) in [6.07, 6.45) is 22.7. The number of allylic oxidation sites excluding steroid dienone is 4. The molecule has 0 fully saturated rings. The van der Waals surface area contributed by atoms with E-state index in [0.717, 1.165) is 0 Å². The maximum absolute atomic E-state index is 2.36. The molecule has 0 aliphatic heterocycles. The van der Waals surface area contributed by atoms with Crippen LogP contribution in [-0.4, -0.2) is 0 Å². The molecule has 94 valence electrons. The van der Waals surface area contributed by atoms with E-state index in [0.29, 0.717) is 0 Å². The lowest BCUT2D eigenvalue weighted by Gasteiger charge is -1.99. The highest BCUT2D eigenvalue weighted by molar-refractivity contribution is 4.80. The van der Waals surface area contributed by atoms with Gasteiger partial charge in [0.1, 0.15) is 0 Å². The maximum atomic E-state index is 2.36. The van der Waals surface area contributed by atoms with E-state index in [1.165, 1.54) is 64.2 Å². The van der Waals surface area contributed by atoms with Crippen molar-refractivity contribution in [2.75, 3.05) is 0 Å². The Morgan fingerprint density at radius 1 is 0.625 bits per heavy atom. The Morgan fingerprint density at radius 3 is 1.69 bits per heavy atom. The second kappa shape index (κ2) is 14.5. The minimum Gasteiger partial charge on any atom is -0.0917 e. The van der Waals surface area contributed by atoms with Crippen LogP contribution < -0.4 is 0 Å². The van der Waals surface area contributed by atoms with Crippen LogP contribution in [0.15, 0.2) is 24.3 Å². The fourth-order valence-corrected chi connectivity index (χ4v) is 1.80. The van der Waals surface area contributed by atoms with E-state index in [-0.39, 0.29) is 0 Å². The average Bonchev–Trinajstić information content (AvgIpc) is 2.31. The molecular weight excluding hydrogens is 192 g/mol. The summed E-state index contributed by atoms with van der Waals surface area (Å²) in [5, 5.41) is 0. The molecule has 0 aliphatic carbocycles. The smallest absolute Gasteiger partial charge is 0.0351 e. The van der Waals surface area contributed by atoms with Gasteiger partial charge in [-0.1, -0.05) is 63.3 Å². The van der Waals surface area contributed by atoms with Gasteiger partial charge in [-0.2, -0.15) is 0 Å². The van der Waals surface area contributed by atoms with Crippen molar-refractivity contribution in [2.45, 2.75) is 78.1 Å². The minimum atomic E-state index is 1.25. The van der Waals surface area contributed by atoms with E-state index in [9.17, 15) is 0 Å². The Labute approximate surface area is 103 Å². The van der Waals surface area contributed by atoms with Crippen LogP contribution in [0.25, 0.3) is 0 Å². The van der Waals surface area contributed by atoms with Crippen LogP contribution in [0.5, 0.6) is 0 Å². The van der Waals surface area contributed by atoms with Crippen LogP contribution in [0.4, 0.5) is 0 Å². The molecule has 0 heteroatoms. The van der Waals surface area contributed by atoms with Gasteiger partial charge in [-0.25, -0.2) is 0 Å². The van der Waals surface area contributed by atoms with E-state index >= 15 is 0 Å².